The summed E-state index contributed by atoms with van der Waals surface area (Å²) in [5.41, 5.74) is 4.38. The number of aromatic nitrogens is 1. The van der Waals surface area contributed by atoms with Gasteiger partial charge in [-0.3, -0.25) is 14.4 Å². The number of carbonyl (C=O) groups is 2. The van der Waals surface area contributed by atoms with Crippen molar-refractivity contribution in [2.24, 2.45) is 0 Å². The lowest BCUT2D eigenvalue weighted by Gasteiger charge is -2.24. The maximum atomic E-state index is 12.8. The topological polar surface area (TPSA) is 100 Å². The predicted molar refractivity (Wildman–Crippen MR) is 151 cm³/mol. The van der Waals surface area contributed by atoms with Gasteiger partial charge in [-0.2, -0.15) is 0 Å². The van der Waals surface area contributed by atoms with Crippen LogP contribution in [0.25, 0.3) is 0 Å². The molecule has 1 aliphatic rings. The minimum Gasteiger partial charge on any atom is -0.490 e. The summed E-state index contributed by atoms with van der Waals surface area (Å²) in [6.07, 6.45) is 6.53. The maximum Gasteiger partial charge on any atom is 0.252 e. The van der Waals surface area contributed by atoms with Gasteiger partial charge in [0, 0.05) is 52.3 Å². The quantitative estimate of drug-likeness (QED) is 0.329. The number of aryl methyl sites for hydroxylation is 2. The molecule has 0 bridgehead atoms. The molecule has 1 fully saturated rings. The molecule has 4 rings (SSSR count). The summed E-state index contributed by atoms with van der Waals surface area (Å²) in [6, 6.07) is 14.7. The van der Waals surface area contributed by atoms with Crippen molar-refractivity contribution in [1.82, 2.24) is 15.6 Å². The second-order valence-corrected chi connectivity index (χ2v) is 9.98. The fourth-order valence-electron chi connectivity index (χ4n) is 4.49. The summed E-state index contributed by atoms with van der Waals surface area (Å²) in [7, 11) is 0. The van der Waals surface area contributed by atoms with E-state index >= 15 is 0 Å². The van der Waals surface area contributed by atoms with Crippen LogP contribution in [0.15, 0.2) is 53.3 Å². The van der Waals surface area contributed by atoms with E-state index in [9.17, 15) is 14.4 Å². The molecule has 0 radical (unpaired) electrons. The van der Waals surface area contributed by atoms with Crippen LogP contribution in [0.3, 0.4) is 0 Å². The third-order valence-electron chi connectivity index (χ3n) is 6.56. The van der Waals surface area contributed by atoms with Crippen LogP contribution in [0.2, 0.25) is 5.02 Å². The standard InChI is InChI=1S/C22H27ClN2O3.C8H9NO/c1-13-9-20(26)19(15(3)25-13)12-24-22(27)18-10-16(23)11-21(14(18)2)28-17-7-5-4-6-8-17;10-7-9-6-8-4-2-1-3-5-8/h9-11,17H,4-8,12H2,1-3H3,(H,24,27)(H,25,26);1-5,7H,6H2,(H,9,10). The van der Waals surface area contributed by atoms with Crippen molar-refractivity contribution < 1.29 is 14.3 Å². The van der Waals surface area contributed by atoms with Gasteiger partial charge in [-0.25, -0.2) is 0 Å². The normalized spacial score (nSPS) is 13.2. The molecule has 1 aromatic heterocycles. The number of rotatable bonds is 8. The first-order chi connectivity index (χ1) is 18.3. The minimum atomic E-state index is -0.270. The van der Waals surface area contributed by atoms with E-state index in [0.29, 0.717) is 34.9 Å². The Kier molecular flexibility index (Phi) is 11.0. The predicted octanol–water partition coefficient (Wildman–Crippen LogP) is 5.53. The summed E-state index contributed by atoms with van der Waals surface area (Å²) < 4.78 is 6.15. The third-order valence-corrected chi connectivity index (χ3v) is 6.77. The van der Waals surface area contributed by atoms with Crippen LogP contribution in [0.4, 0.5) is 0 Å². The van der Waals surface area contributed by atoms with Gasteiger partial charge in [0.05, 0.1) is 6.10 Å². The number of ether oxygens (including phenoxy) is 1. The van der Waals surface area contributed by atoms with Gasteiger partial charge in [0.15, 0.2) is 5.43 Å². The smallest absolute Gasteiger partial charge is 0.252 e. The fourth-order valence-corrected chi connectivity index (χ4v) is 4.70. The maximum absolute atomic E-state index is 12.8. The lowest BCUT2D eigenvalue weighted by Crippen LogP contribution is -2.28. The van der Waals surface area contributed by atoms with E-state index in [-0.39, 0.29) is 24.0 Å². The minimum absolute atomic E-state index is 0.0850. The molecule has 1 saturated carbocycles. The molecule has 0 spiro atoms. The highest BCUT2D eigenvalue weighted by atomic mass is 35.5. The van der Waals surface area contributed by atoms with Crippen LogP contribution in [0, 0.1) is 20.8 Å². The summed E-state index contributed by atoms with van der Waals surface area (Å²) in [5, 5.41) is 5.89. The molecule has 1 aliphatic carbocycles. The lowest BCUT2D eigenvalue weighted by atomic mass is 9.97. The Morgan fingerprint density at radius 1 is 1.05 bits per heavy atom. The second-order valence-electron chi connectivity index (χ2n) is 9.54. The van der Waals surface area contributed by atoms with Gasteiger partial charge in [0.1, 0.15) is 5.75 Å². The summed E-state index contributed by atoms with van der Waals surface area (Å²) in [4.78, 5) is 38.0. The molecule has 0 atom stereocenters. The number of halogens is 1. The average Bonchev–Trinajstić information content (AvgIpc) is 2.90. The Morgan fingerprint density at radius 2 is 1.76 bits per heavy atom. The van der Waals surface area contributed by atoms with E-state index in [1.807, 2.05) is 51.1 Å². The molecular formula is C30H36ClN3O4. The molecule has 8 heteroatoms. The van der Waals surface area contributed by atoms with E-state index < -0.39 is 0 Å². The monoisotopic (exact) mass is 537 g/mol. The Labute approximate surface area is 229 Å². The zero-order chi connectivity index (χ0) is 27.5. The van der Waals surface area contributed by atoms with Gasteiger partial charge in [-0.1, -0.05) is 48.4 Å². The number of amides is 2. The molecule has 0 unspecified atom stereocenters. The van der Waals surface area contributed by atoms with E-state index in [1.165, 1.54) is 25.3 Å². The van der Waals surface area contributed by atoms with Crippen molar-refractivity contribution in [2.45, 2.75) is 72.1 Å². The van der Waals surface area contributed by atoms with Gasteiger partial charge in [0.25, 0.3) is 5.91 Å². The van der Waals surface area contributed by atoms with Gasteiger partial charge < -0.3 is 20.4 Å². The first kappa shape index (κ1) is 29.0. The highest BCUT2D eigenvalue weighted by molar-refractivity contribution is 6.31. The van der Waals surface area contributed by atoms with Crippen LogP contribution in [0.5, 0.6) is 5.75 Å². The second kappa shape index (κ2) is 14.4. The number of hydrogen-bond donors (Lipinski definition) is 3. The van der Waals surface area contributed by atoms with Gasteiger partial charge in [-0.05, 0) is 64.2 Å². The first-order valence-corrected chi connectivity index (χ1v) is 13.3. The van der Waals surface area contributed by atoms with E-state index in [2.05, 4.69) is 15.6 Å². The first-order valence-electron chi connectivity index (χ1n) is 12.9. The number of nitrogens with one attached hydrogen (secondary N) is 3. The molecule has 3 N–H and O–H groups in total. The number of aromatic amines is 1. The molecule has 38 heavy (non-hydrogen) atoms. The fraction of sp³-hybridized carbons (Fsp3) is 0.367. The highest BCUT2D eigenvalue weighted by Crippen LogP contribution is 2.30. The number of pyridine rings is 1. The third kappa shape index (κ3) is 8.48. The molecule has 0 saturated heterocycles. The van der Waals surface area contributed by atoms with Gasteiger partial charge in [-0.15, -0.1) is 0 Å². The largest absolute Gasteiger partial charge is 0.490 e. The number of benzene rings is 2. The van der Waals surface area contributed by atoms with Crippen LogP contribution in [0.1, 0.15) is 70.5 Å². The summed E-state index contributed by atoms with van der Waals surface area (Å²) in [5.74, 6) is 0.391. The number of carbonyl (C=O) groups excluding carboxylic acids is 2. The van der Waals surface area contributed by atoms with Gasteiger partial charge >= 0.3 is 0 Å². The molecule has 7 nitrogen and oxygen atoms in total. The van der Waals surface area contributed by atoms with Crippen LogP contribution in [-0.2, 0) is 17.9 Å². The summed E-state index contributed by atoms with van der Waals surface area (Å²) >= 11 is 6.25. The molecule has 0 aliphatic heterocycles. The van der Waals surface area contributed by atoms with E-state index in [4.69, 9.17) is 16.3 Å². The van der Waals surface area contributed by atoms with Gasteiger partial charge in [0.2, 0.25) is 6.41 Å². The molecule has 1 heterocycles. The molecule has 2 amide bonds. The van der Waals surface area contributed by atoms with Crippen molar-refractivity contribution in [3.63, 3.8) is 0 Å². The molecular weight excluding hydrogens is 502 g/mol. The van der Waals surface area contributed by atoms with Crippen LogP contribution < -0.4 is 20.8 Å². The van der Waals surface area contributed by atoms with E-state index in [1.54, 1.807) is 12.1 Å². The Hall–Kier alpha value is -3.58. The van der Waals surface area contributed by atoms with Crippen molar-refractivity contribution in [3.8, 4) is 5.75 Å². The van der Waals surface area contributed by atoms with Crippen molar-refractivity contribution in [3.05, 3.63) is 97.4 Å². The van der Waals surface area contributed by atoms with Crippen molar-refractivity contribution in [1.29, 1.82) is 0 Å². The Bertz CT molecular complexity index is 1280. The number of H-pyrrole nitrogens is 1. The molecule has 2 aromatic carbocycles. The SMILES string of the molecule is Cc1cc(=O)c(CNC(=O)c2cc(Cl)cc(OC3CCCCC3)c2C)c(C)[nH]1.O=CNCc1ccccc1. The highest BCUT2D eigenvalue weighted by Gasteiger charge is 2.20. The van der Waals surface area contributed by atoms with E-state index in [0.717, 1.165) is 35.4 Å². The molecule has 202 valence electrons. The number of hydrogen-bond acceptors (Lipinski definition) is 4. The Balaban J connectivity index is 0.000000336. The van der Waals surface area contributed by atoms with Crippen molar-refractivity contribution in [2.75, 3.05) is 0 Å². The molecule has 3 aromatic rings. The zero-order valence-electron chi connectivity index (χ0n) is 22.2. The average molecular weight is 538 g/mol. The van der Waals surface area contributed by atoms with Crippen molar-refractivity contribution >= 4 is 23.9 Å². The van der Waals surface area contributed by atoms with Crippen LogP contribution in [-0.4, -0.2) is 23.4 Å². The van der Waals surface area contributed by atoms with Crippen LogP contribution >= 0.6 is 11.6 Å². The zero-order valence-corrected chi connectivity index (χ0v) is 23.0. The Morgan fingerprint density at radius 3 is 2.42 bits per heavy atom. The lowest BCUT2D eigenvalue weighted by molar-refractivity contribution is -0.109. The summed E-state index contributed by atoms with van der Waals surface area (Å²) in [6.45, 7) is 6.30.